The first-order valence-corrected chi connectivity index (χ1v) is 9.61. The molecular weight excluding hydrogens is 367 g/mol. The molecule has 0 saturated carbocycles. The van der Waals surface area contributed by atoms with Crippen LogP contribution in [-0.2, 0) is 17.9 Å². The molecule has 3 aromatic rings. The van der Waals surface area contributed by atoms with Gasteiger partial charge in [0.15, 0.2) is 0 Å². The third-order valence-electron chi connectivity index (χ3n) is 4.42. The number of hydrogen-bond acceptors (Lipinski definition) is 3. The average molecular weight is 392 g/mol. The zero-order valence-electron chi connectivity index (χ0n) is 16.6. The summed E-state index contributed by atoms with van der Waals surface area (Å²) in [5, 5.41) is 6.22. The minimum Gasteiger partial charge on any atom is -0.489 e. The fourth-order valence-electron chi connectivity index (χ4n) is 2.68. The molecule has 4 nitrogen and oxygen atoms in total. The van der Waals surface area contributed by atoms with Gasteiger partial charge in [0.25, 0.3) is 0 Å². The number of rotatable bonds is 8. The maximum Gasteiger partial charge on any atom is 0.226 e. The summed E-state index contributed by atoms with van der Waals surface area (Å²) in [5.74, 6) is 0.372. The summed E-state index contributed by atoms with van der Waals surface area (Å²) in [7, 11) is 0. The van der Waals surface area contributed by atoms with E-state index < -0.39 is 0 Å². The zero-order chi connectivity index (χ0) is 20.6. The van der Waals surface area contributed by atoms with E-state index in [0.29, 0.717) is 17.9 Å². The van der Waals surface area contributed by atoms with Crippen LogP contribution in [0.3, 0.4) is 0 Å². The van der Waals surface area contributed by atoms with Crippen LogP contribution in [0.25, 0.3) is 0 Å². The standard InChI is InChI=1S/C24H25FN2O2/c1-17(2)24(28)27-21-12-10-20(11-13-21)26-15-18-6-5-8-22(14-18)29-16-19-7-3-4-9-23(19)25/h3-14,17,26H,15-16H2,1-2H3,(H,27,28). The molecule has 0 aliphatic carbocycles. The van der Waals surface area contributed by atoms with Crippen molar-refractivity contribution in [3.63, 3.8) is 0 Å². The molecule has 2 N–H and O–H groups in total. The van der Waals surface area contributed by atoms with Gasteiger partial charge in [-0.1, -0.05) is 44.2 Å². The summed E-state index contributed by atoms with van der Waals surface area (Å²) in [6.45, 7) is 4.53. The smallest absolute Gasteiger partial charge is 0.226 e. The Kier molecular flexibility index (Phi) is 6.85. The van der Waals surface area contributed by atoms with Crippen molar-refractivity contribution >= 4 is 17.3 Å². The molecule has 0 aromatic heterocycles. The van der Waals surface area contributed by atoms with Crippen LogP contribution in [0.4, 0.5) is 15.8 Å². The maximum atomic E-state index is 13.7. The molecule has 0 bridgehead atoms. The molecule has 0 heterocycles. The Labute approximate surface area is 170 Å². The molecule has 0 aliphatic heterocycles. The SMILES string of the molecule is CC(C)C(=O)Nc1ccc(NCc2cccc(OCc3ccccc3F)c2)cc1. The van der Waals surface area contributed by atoms with Crippen molar-refractivity contribution in [2.75, 3.05) is 10.6 Å². The second-order valence-corrected chi connectivity index (χ2v) is 7.10. The average Bonchev–Trinajstić information content (AvgIpc) is 2.73. The Morgan fingerprint density at radius 1 is 0.966 bits per heavy atom. The number of hydrogen-bond donors (Lipinski definition) is 2. The van der Waals surface area contributed by atoms with Gasteiger partial charge < -0.3 is 15.4 Å². The minimum atomic E-state index is -0.265. The first kappa shape index (κ1) is 20.4. The predicted molar refractivity (Wildman–Crippen MR) is 114 cm³/mol. The van der Waals surface area contributed by atoms with E-state index in [0.717, 1.165) is 16.9 Å². The van der Waals surface area contributed by atoms with E-state index in [-0.39, 0.29) is 24.2 Å². The Morgan fingerprint density at radius 2 is 1.69 bits per heavy atom. The highest BCUT2D eigenvalue weighted by Crippen LogP contribution is 2.19. The maximum absolute atomic E-state index is 13.7. The molecule has 0 spiro atoms. The van der Waals surface area contributed by atoms with Gasteiger partial charge >= 0.3 is 0 Å². The van der Waals surface area contributed by atoms with Gasteiger partial charge in [-0.05, 0) is 48.0 Å². The Morgan fingerprint density at radius 3 is 2.41 bits per heavy atom. The van der Waals surface area contributed by atoms with E-state index in [1.54, 1.807) is 18.2 Å². The summed E-state index contributed by atoms with van der Waals surface area (Å²) < 4.78 is 19.4. The third kappa shape index (κ3) is 6.07. The first-order chi connectivity index (χ1) is 14.0. The number of amides is 1. The van der Waals surface area contributed by atoms with Crippen LogP contribution < -0.4 is 15.4 Å². The number of ether oxygens (including phenoxy) is 1. The lowest BCUT2D eigenvalue weighted by atomic mass is 10.2. The number of carbonyl (C=O) groups excluding carboxylic acids is 1. The lowest BCUT2D eigenvalue weighted by Crippen LogP contribution is -2.17. The summed E-state index contributed by atoms with van der Waals surface area (Å²) in [4.78, 5) is 11.7. The van der Waals surface area contributed by atoms with Crippen molar-refractivity contribution < 1.29 is 13.9 Å². The van der Waals surface area contributed by atoms with E-state index in [2.05, 4.69) is 10.6 Å². The van der Waals surface area contributed by atoms with Crippen LogP contribution in [0.2, 0.25) is 0 Å². The Balaban J connectivity index is 1.54. The van der Waals surface area contributed by atoms with Gasteiger partial charge in [0, 0.05) is 29.4 Å². The van der Waals surface area contributed by atoms with E-state index in [9.17, 15) is 9.18 Å². The summed E-state index contributed by atoms with van der Waals surface area (Å²) in [5.41, 5.74) is 3.30. The molecule has 1 amide bonds. The third-order valence-corrected chi connectivity index (χ3v) is 4.42. The highest BCUT2D eigenvalue weighted by molar-refractivity contribution is 5.92. The van der Waals surface area contributed by atoms with Crippen LogP contribution in [-0.4, -0.2) is 5.91 Å². The number of halogens is 1. The molecule has 0 unspecified atom stereocenters. The van der Waals surface area contributed by atoms with Gasteiger partial charge in [-0.3, -0.25) is 4.79 Å². The van der Waals surface area contributed by atoms with Gasteiger partial charge in [-0.15, -0.1) is 0 Å². The first-order valence-electron chi connectivity index (χ1n) is 9.61. The van der Waals surface area contributed by atoms with Crippen LogP contribution >= 0.6 is 0 Å². The van der Waals surface area contributed by atoms with E-state index in [1.165, 1.54) is 6.07 Å². The highest BCUT2D eigenvalue weighted by Gasteiger charge is 2.07. The molecule has 5 heteroatoms. The number of carbonyl (C=O) groups is 1. The fourth-order valence-corrected chi connectivity index (χ4v) is 2.68. The quantitative estimate of drug-likeness (QED) is 0.524. The number of nitrogens with one attached hydrogen (secondary N) is 2. The van der Waals surface area contributed by atoms with Crippen molar-refractivity contribution in [2.45, 2.75) is 27.0 Å². The van der Waals surface area contributed by atoms with Crippen molar-refractivity contribution in [1.82, 2.24) is 0 Å². The summed E-state index contributed by atoms with van der Waals surface area (Å²) in [6.07, 6.45) is 0. The molecule has 3 aromatic carbocycles. The van der Waals surface area contributed by atoms with E-state index >= 15 is 0 Å². The van der Waals surface area contributed by atoms with Crippen LogP contribution in [0.1, 0.15) is 25.0 Å². The van der Waals surface area contributed by atoms with Gasteiger partial charge in [-0.25, -0.2) is 4.39 Å². The monoisotopic (exact) mass is 392 g/mol. The molecule has 150 valence electrons. The van der Waals surface area contributed by atoms with Crippen LogP contribution in [0, 0.1) is 11.7 Å². The molecule has 3 rings (SSSR count). The van der Waals surface area contributed by atoms with Gasteiger partial charge in [0.05, 0.1) is 0 Å². The van der Waals surface area contributed by atoms with Crippen molar-refractivity contribution in [1.29, 1.82) is 0 Å². The van der Waals surface area contributed by atoms with E-state index in [1.807, 2.05) is 62.4 Å². The second-order valence-electron chi connectivity index (χ2n) is 7.10. The largest absolute Gasteiger partial charge is 0.489 e. The molecule has 29 heavy (non-hydrogen) atoms. The molecule has 0 fully saturated rings. The lowest BCUT2D eigenvalue weighted by molar-refractivity contribution is -0.118. The van der Waals surface area contributed by atoms with E-state index in [4.69, 9.17) is 4.74 Å². The summed E-state index contributed by atoms with van der Waals surface area (Å²) >= 11 is 0. The molecule has 0 radical (unpaired) electrons. The predicted octanol–water partition coefficient (Wildman–Crippen LogP) is 5.61. The molecular formula is C24H25FN2O2. The van der Waals surface area contributed by atoms with Crippen LogP contribution in [0.15, 0.2) is 72.8 Å². The molecule has 0 atom stereocenters. The van der Waals surface area contributed by atoms with Crippen molar-refractivity contribution in [2.24, 2.45) is 5.92 Å². The lowest BCUT2D eigenvalue weighted by Gasteiger charge is -2.11. The van der Waals surface area contributed by atoms with Crippen LogP contribution in [0.5, 0.6) is 5.75 Å². The normalized spacial score (nSPS) is 10.6. The topological polar surface area (TPSA) is 50.4 Å². The molecule has 0 aliphatic rings. The van der Waals surface area contributed by atoms with Crippen molar-refractivity contribution in [3.05, 3.63) is 89.7 Å². The highest BCUT2D eigenvalue weighted by atomic mass is 19.1. The second kappa shape index (κ2) is 9.73. The zero-order valence-corrected chi connectivity index (χ0v) is 16.6. The van der Waals surface area contributed by atoms with Gasteiger partial charge in [0.2, 0.25) is 5.91 Å². The number of anilines is 2. The number of benzene rings is 3. The fraction of sp³-hybridized carbons (Fsp3) is 0.208. The van der Waals surface area contributed by atoms with Gasteiger partial charge in [0.1, 0.15) is 18.2 Å². The Bertz CT molecular complexity index is 955. The molecule has 0 saturated heterocycles. The summed E-state index contributed by atoms with van der Waals surface area (Å²) in [6, 6.07) is 21.9. The minimum absolute atomic E-state index is 0.00194. The van der Waals surface area contributed by atoms with Gasteiger partial charge in [-0.2, -0.15) is 0 Å². The Hall–Kier alpha value is -3.34. The van der Waals surface area contributed by atoms with Crippen molar-refractivity contribution in [3.8, 4) is 5.75 Å².